The molecule has 0 bridgehead atoms. The van der Waals surface area contributed by atoms with Gasteiger partial charge in [0.25, 0.3) is 6.71 Å². The summed E-state index contributed by atoms with van der Waals surface area (Å²) in [7, 11) is 0. The van der Waals surface area contributed by atoms with Gasteiger partial charge in [-0.1, -0.05) is 267 Å². The minimum absolute atomic E-state index is 0.433. The first-order chi connectivity index (χ1) is 46.1. The number of benzene rings is 11. The second kappa shape index (κ2) is 23.4. The fourth-order valence-corrected chi connectivity index (χ4v) is 12.7. The molecule has 0 saturated carbocycles. The number of pyridine rings is 2. The zero-order chi connectivity index (χ0) is 61.6. The third kappa shape index (κ3) is 10.3. The predicted octanol–water partition coefficient (Wildman–Crippen LogP) is 17.6. The third-order valence-electron chi connectivity index (χ3n) is 17.1. The van der Waals surface area contributed by atoms with Crippen molar-refractivity contribution in [2.75, 3.05) is 0 Å². The van der Waals surface area contributed by atoms with E-state index in [2.05, 4.69) is 127 Å². The number of fused-ring (bicyclic) bond motifs is 4. The van der Waals surface area contributed by atoms with Crippen LogP contribution in [0.3, 0.4) is 0 Å². The molecule has 0 N–H and O–H groups in total. The van der Waals surface area contributed by atoms with Crippen molar-refractivity contribution in [3.05, 3.63) is 309 Å². The van der Waals surface area contributed by atoms with Crippen molar-refractivity contribution in [3.63, 3.8) is 0 Å². The number of rotatable bonds is 12. The SMILES string of the molecule is c1ccc(-c2cc3c(c(-c4nc(-c5ccccc5)nc(-c5ccccc5)n4)c2)Oc2c(-c4cccc(-c5ccccc5)n4)cc(-c4cccc(-c5ccccc5)n4)c4c2B3c2cc(-c3ccccc3)cc(-c3nc(-c5ccccc5)nc(-c5ccccc5)n3)c2O4)cc1. The first kappa shape index (κ1) is 54.5. The second-order valence-corrected chi connectivity index (χ2v) is 22.9. The summed E-state index contributed by atoms with van der Waals surface area (Å²) in [5.74, 6) is 5.20. The van der Waals surface area contributed by atoms with E-state index in [0.717, 1.165) is 94.5 Å². The van der Waals surface area contributed by atoms with Gasteiger partial charge in [-0.2, -0.15) is 0 Å². The van der Waals surface area contributed by atoms with E-state index >= 15 is 0 Å². The summed E-state index contributed by atoms with van der Waals surface area (Å²) in [6, 6.07) is 105. The number of aromatic nitrogens is 8. The molecule has 0 radical (unpaired) electrons. The summed E-state index contributed by atoms with van der Waals surface area (Å²) >= 11 is 0. The first-order valence-corrected chi connectivity index (χ1v) is 30.9. The molecule has 0 amide bonds. The molecule has 17 rings (SSSR count). The Morgan fingerprint density at radius 3 is 0.796 bits per heavy atom. The topological polar surface area (TPSA) is 122 Å². The van der Waals surface area contributed by atoms with E-state index in [1.165, 1.54) is 0 Å². The minimum Gasteiger partial charge on any atom is -0.457 e. The lowest BCUT2D eigenvalue weighted by atomic mass is 9.34. The Morgan fingerprint density at radius 2 is 0.473 bits per heavy atom. The standard InChI is InChI=1S/C82H51BN8O2/c1-9-27-52(28-10-1)60-47-64(81-88-77(56-35-17-5-18-36-56)86-78(89-81)57-37-19-6-20-38-57)73-66(49-60)83-67-50-61(53-29-11-2-12-30-53)48-65(82-90-79(58-39-21-7-22-40-58)87-80(91-82)59-41-23-8-24-42-59)74(67)93-76-63(71-46-26-44-69(85-71)55-33-15-4-16-34-55)51-62(75(92-73)72(76)83)70-45-25-43-68(84-70)54-31-13-3-14-32-54/h1-51H. The van der Waals surface area contributed by atoms with Crippen molar-refractivity contribution in [1.82, 2.24) is 39.9 Å². The molecular weight excluding hydrogens is 1140 g/mol. The fourth-order valence-electron chi connectivity index (χ4n) is 12.7. The summed E-state index contributed by atoms with van der Waals surface area (Å²) in [4.78, 5) is 43.2. The maximum Gasteiger partial charge on any atom is 0.260 e. The van der Waals surface area contributed by atoms with Gasteiger partial charge in [0, 0.05) is 50.0 Å². The van der Waals surface area contributed by atoms with Crippen molar-refractivity contribution in [1.29, 1.82) is 0 Å². The molecule has 11 aromatic carbocycles. The van der Waals surface area contributed by atoms with Crippen molar-refractivity contribution in [2.24, 2.45) is 0 Å². The Bertz CT molecular complexity index is 4860. The van der Waals surface area contributed by atoms with Gasteiger partial charge in [-0.05, 0) is 75.6 Å². The number of hydrogen-bond acceptors (Lipinski definition) is 10. The Kier molecular flexibility index (Phi) is 13.7. The maximum atomic E-state index is 7.91. The van der Waals surface area contributed by atoms with Crippen LogP contribution in [-0.4, -0.2) is 46.6 Å². The van der Waals surface area contributed by atoms with Crippen LogP contribution in [0.15, 0.2) is 309 Å². The molecule has 15 aromatic rings. The van der Waals surface area contributed by atoms with E-state index in [0.29, 0.717) is 80.5 Å². The Hall–Kier alpha value is -12.6. The van der Waals surface area contributed by atoms with Crippen molar-refractivity contribution in [2.45, 2.75) is 0 Å². The average molecular weight is 1190 g/mol. The lowest BCUT2D eigenvalue weighted by molar-refractivity contribution is 0.468. The molecule has 0 aliphatic carbocycles. The molecular formula is C82H51BN8O2. The van der Waals surface area contributed by atoms with Crippen LogP contribution in [0.25, 0.3) is 136 Å². The Labute approximate surface area is 537 Å². The van der Waals surface area contributed by atoms with Crippen LogP contribution in [-0.2, 0) is 0 Å². The largest absolute Gasteiger partial charge is 0.457 e. The Morgan fingerprint density at radius 1 is 0.194 bits per heavy atom. The van der Waals surface area contributed by atoms with Gasteiger partial charge in [0.1, 0.15) is 23.0 Å². The minimum atomic E-state index is -0.617. The van der Waals surface area contributed by atoms with E-state index in [4.69, 9.17) is 49.3 Å². The monoisotopic (exact) mass is 1190 g/mol. The van der Waals surface area contributed by atoms with E-state index in [1.54, 1.807) is 0 Å². The van der Waals surface area contributed by atoms with Crippen LogP contribution in [0.1, 0.15) is 0 Å². The molecule has 434 valence electrons. The maximum absolute atomic E-state index is 7.91. The van der Waals surface area contributed by atoms with E-state index in [9.17, 15) is 0 Å². The highest BCUT2D eigenvalue weighted by Crippen LogP contribution is 2.50. The van der Waals surface area contributed by atoms with Crippen LogP contribution >= 0.6 is 0 Å². The highest BCUT2D eigenvalue weighted by Gasteiger charge is 2.46. The summed E-state index contributed by atoms with van der Waals surface area (Å²) in [5.41, 5.74) is 17.4. The van der Waals surface area contributed by atoms with Crippen molar-refractivity contribution < 1.29 is 9.47 Å². The van der Waals surface area contributed by atoms with Gasteiger partial charge in [-0.3, -0.25) is 0 Å². The Balaban J connectivity index is 1.02. The van der Waals surface area contributed by atoms with E-state index in [-0.39, 0.29) is 0 Å². The summed E-state index contributed by atoms with van der Waals surface area (Å²) in [6.45, 7) is -0.617. The van der Waals surface area contributed by atoms with Crippen LogP contribution < -0.4 is 25.9 Å². The normalized spacial score (nSPS) is 11.8. The highest BCUT2D eigenvalue weighted by molar-refractivity contribution is 6.98. The van der Waals surface area contributed by atoms with Crippen molar-refractivity contribution >= 4 is 23.1 Å². The van der Waals surface area contributed by atoms with Crippen LogP contribution in [0.2, 0.25) is 0 Å². The lowest BCUT2D eigenvalue weighted by Crippen LogP contribution is -2.58. The van der Waals surface area contributed by atoms with Gasteiger partial charge >= 0.3 is 0 Å². The molecule has 10 nitrogen and oxygen atoms in total. The van der Waals surface area contributed by atoms with Crippen LogP contribution in [0, 0.1) is 0 Å². The smallest absolute Gasteiger partial charge is 0.260 e. The predicted molar refractivity (Wildman–Crippen MR) is 372 cm³/mol. The molecule has 0 atom stereocenters. The number of ether oxygens (including phenoxy) is 2. The molecule has 11 heteroatoms. The first-order valence-electron chi connectivity index (χ1n) is 30.9. The fraction of sp³-hybridized carbons (Fsp3) is 0. The third-order valence-corrected chi connectivity index (χ3v) is 17.1. The van der Waals surface area contributed by atoms with Gasteiger partial charge < -0.3 is 9.47 Å². The van der Waals surface area contributed by atoms with E-state index in [1.807, 2.05) is 182 Å². The number of nitrogens with zero attached hydrogens (tertiary/aromatic N) is 8. The summed E-state index contributed by atoms with van der Waals surface area (Å²) in [5, 5.41) is 0. The van der Waals surface area contributed by atoms with E-state index < -0.39 is 6.71 Å². The molecule has 4 aromatic heterocycles. The average Bonchev–Trinajstić information content (AvgIpc) is 0.699. The second-order valence-electron chi connectivity index (χ2n) is 22.9. The molecule has 6 heterocycles. The van der Waals surface area contributed by atoms with Gasteiger partial charge in [-0.25, -0.2) is 39.9 Å². The molecule has 0 spiro atoms. The van der Waals surface area contributed by atoms with Crippen LogP contribution in [0.4, 0.5) is 0 Å². The van der Waals surface area contributed by atoms with Crippen LogP contribution in [0.5, 0.6) is 23.0 Å². The molecule has 0 saturated heterocycles. The van der Waals surface area contributed by atoms with Gasteiger partial charge in [0.2, 0.25) is 0 Å². The van der Waals surface area contributed by atoms with Gasteiger partial charge in [-0.15, -0.1) is 0 Å². The number of hydrogen-bond donors (Lipinski definition) is 0. The lowest BCUT2D eigenvalue weighted by Gasteiger charge is -2.37. The quantitative estimate of drug-likeness (QED) is 0.109. The molecule has 2 aliphatic heterocycles. The zero-order valence-electron chi connectivity index (χ0n) is 49.9. The summed E-state index contributed by atoms with van der Waals surface area (Å²) in [6.07, 6.45) is 0. The molecule has 2 aliphatic rings. The van der Waals surface area contributed by atoms with Crippen molar-refractivity contribution in [3.8, 4) is 159 Å². The summed E-state index contributed by atoms with van der Waals surface area (Å²) < 4.78 is 15.8. The van der Waals surface area contributed by atoms with Gasteiger partial charge in [0.15, 0.2) is 34.9 Å². The molecule has 0 unspecified atom stereocenters. The zero-order valence-corrected chi connectivity index (χ0v) is 49.9. The van der Waals surface area contributed by atoms with Gasteiger partial charge in [0.05, 0.1) is 33.9 Å². The molecule has 93 heavy (non-hydrogen) atoms. The highest BCUT2D eigenvalue weighted by atomic mass is 16.5. The molecule has 0 fully saturated rings.